The molecule has 4 nitrogen and oxygen atoms in total. The van der Waals surface area contributed by atoms with Crippen LogP contribution < -0.4 is 10.6 Å². The maximum atomic E-state index is 12.6. The first-order valence-electron chi connectivity index (χ1n) is 10.0. The van der Waals surface area contributed by atoms with Crippen LogP contribution in [0.5, 0.6) is 0 Å². The van der Waals surface area contributed by atoms with E-state index < -0.39 is 0 Å². The van der Waals surface area contributed by atoms with Gasteiger partial charge in [-0.15, -0.1) is 24.8 Å². The fraction of sp³-hybridized carbons (Fsp3) is 0.667. The van der Waals surface area contributed by atoms with Gasteiger partial charge >= 0.3 is 0 Å². The summed E-state index contributed by atoms with van der Waals surface area (Å²) in [6.45, 7) is 8.06. The van der Waals surface area contributed by atoms with Crippen molar-refractivity contribution in [2.75, 3.05) is 13.1 Å². The first-order chi connectivity index (χ1) is 12.2. The van der Waals surface area contributed by atoms with Gasteiger partial charge in [-0.3, -0.25) is 9.69 Å². The highest BCUT2D eigenvalue weighted by atomic mass is 35.5. The third-order valence-corrected chi connectivity index (χ3v) is 6.04. The Morgan fingerprint density at radius 2 is 1.78 bits per heavy atom. The summed E-state index contributed by atoms with van der Waals surface area (Å²) in [5.41, 5.74) is 2.55. The molecule has 6 heteroatoms. The number of hydrogen-bond acceptors (Lipinski definition) is 3. The molecule has 2 aliphatic rings. The van der Waals surface area contributed by atoms with Crippen molar-refractivity contribution in [2.45, 2.75) is 71.1 Å². The van der Waals surface area contributed by atoms with Gasteiger partial charge in [-0.1, -0.05) is 51.0 Å². The van der Waals surface area contributed by atoms with Crippen molar-refractivity contribution in [1.29, 1.82) is 0 Å². The van der Waals surface area contributed by atoms with Crippen LogP contribution in [0.1, 0.15) is 57.1 Å². The highest BCUT2D eigenvalue weighted by molar-refractivity contribution is 5.85. The van der Waals surface area contributed by atoms with Crippen LogP contribution in [0.4, 0.5) is 0 Å². The van der Waals surface area contributed by atoms with E-state index in [1.807, 2.05) is 0 Å². The zero-order chi connectivity index (χ0) is 17.6. The van der Waals surface area contributed by atoms with Crippen molar-refractivity contribution in [3.8, 4) is 0 Å². The maximum Gasteiger partial charge on any atom is 0.237 e. The number of carbonyl (C=O) groups is 1. The van der Waals surface area contributed by atoms with Crippen molar-refractivity contribution in [3.63, 3.8) is 0 Å². The summed E-state index contributed by atoms with van der Waals surface area (Å²) >= 11 is 0. The summed E-state index contributed by atoms with van der Waals surface area (Å²) < 4.78 is 0. The molecule has 1 saturated heterocycles. The summed E-state index contributed by atoms with van der Waals surface area (Å²) in [6, 6.07) is 9.05. The lowest BCUT2D eigenvalue weighted by Crippen LogP contribution is -2.43. The first kappa shape index (κ1) is 24.2. The molecule has 3 rings (SSSR count). The molecule has 27 heavy (non-hydrogen) atoms. The van der Waals surface area contributed by atoms with E-state index in [1.54, 1.807) is 0 Å². The van der Waals surface area contributed by atoms with E-state index in [4.69, 9.17) is 0 Å². The molecule has 3 unspecified atom stereocenters. The Hall–Kier alpha value is -0.810. The monoisotopic (exact) mass is 415 g/mol. The minimum absolute atomic E-state index is 0. The number of amides is 1. The SMILES string of the molecule is CCN(CC)Cc1ccccc1CNC(=O)C1CC2CCCCC2N1.Cl.Cl. The van der Waals surface area contributed by atoms with Crippen LogP contribution in [0.25, 0.3) is 0 Å². The number of nitrogens with zero attached hydrogens (tertiary/aromatic N) is 1. The second-order valence-electron chi connectivity index (χ2n) is 7.55. The molecule has 1 aliphatic heterocycles. The summed E-state index contributed by atoms with van der Waals surface area (Å²) in [5.74, 6) is 0.881. The van der Waals surface area contributed by atoms with E-state index in [1.165, 1.54) is 36.8 Å². The van der Waals surface area contributed by atoms with Gasteiger partial charge in [0.15, 0.2) is 0 Å². The fourth-order valence-corrected chi connectivity index (χ4v) is 4.40. The van der Waals surface area contributed by atoms with E-state index in [9.17, 15) is 4.79 Å². The van der Waals surface area contributed by atoms with Gasteiger partial charge in [0.05, 0.1) is 6.04 Å². The smallest absolute Gasteiger partial charge is 0.237 e. The van der Waals surface area contributed by atoms with Crippen LogP contribution in [0.15, 0.2) is 24.3 Å². The molecule has 0 bridgehead atoms. The molecule has 2 fully saturated rings. The second-order valence-corrected chi connectivity index (χ2v) is 7.55. The highest BCUT2D eigenvalue weighted by Crippen LogP contribution is 2.33. The second kappa shape index (κ2) is 11.9. The molecular formula is C21H35Cl2N3O. The molecule has 1 aromatic rings. The van der Waals surface area contributed by atoms with E-state index in [-0.39, 0.29) is 36.8 Å². The van der Waals surface area contributed by atoms with E-state index in [0.29, 0.717) is 18.5 Å². The number of rotatable bonds is 7. The Kier molecular flexibility index (Phi) is 10.7. The average Bonchev–Trinajstić information content (AvgIpc) is 3.09. The van der Waals surface area contributed by atoms with Crippen molar-refractivity contribution in [2.24, 2.45) is 5.92 Å². The van der Waals surface area contributed by atoms with Gasteiger partial charge in [-0.2, -0.15) is 0 Å². The largest absolute Gasteiger partial charge is 0.351 e. The minimum atomic E-state index is 0. The topological polar surface area (TPSA) is 44.4 Å². The van der Waals surface area contributed by atoms with Gasteiger partial charge in [0.25, 0.3) is 0 Å². The van der Waals surface area contributed by atoms with Gasteiger partial charge < -0.3 is 10.6 Å². The third-order valence-electron chi connectivity index (χ3n) is 6.04. The lowest BCUT2D eigenvalue weighted by atomic mass is 9.85. The zero-order valence-electron chi connectivity index (χ0n) is 16.6. The summed E-state index contributed by atoms with van der Waals surface area (Å²) in [4.78, 5) is 15.0. The molecule has 2 N–H and O–H groups in total. The standard InChI is InChI=1S/C21H33N3O.2ClH/c1-3-24(4-2)15-18-11-6-5-10-17(18)14-22-21(25)20-13-16-9-7-8-12-19(16)23-20;;/h5-6,10-11,16,19-20,23H,3-4,7-9,12-15H2,1-2H3,(H,22,25);2*1H. The van der Waals surface area contributed by atoms with Crippen molar-refractivity contribution in [1.82, 2.24) is 15.5 Å². The Morgan fingerprint density at radius 1 is 1.11 bits per heavy atom. The highest BCUT2D eigenvalue weighted by Gasteiger charge is 2.38. The van der Waals surface area contributed by atoms with Crippen molar-refractivity contribution in [3.05, 3.63) is 35.4 Å². The minimum Gasteiger partial charge on any atom is -0.351 e. The lowest BCUT2D eigenvalue weighted by Gasteiger charge is -2.24. The quantitative estimate of drug-likeness (QED) is 0.709. The molecule has 154 valence electrons. The van der Waals surface area contributed by atoms with Crippen LogP contribution in [0, 0.1) is 5.92 Å². The molecule has 1 amide bonds. The first-order valence-corrected chi connectivity index (χ1v) is 10.0. The van der Waals surface area contributed by atoms with Crippen LogP contribution >= 0.6 is 24.8 Å². The normalized spacial score (nSPS) is 23.9. The van der Waals surface area contributed by atoms with Gasteiger partial charge in [0.2, 0.25) is 5.91 Å². The Morgan fingerprint density at radius 3 is 2.44 bits per heavy atom. The number of halogens is 2. The predicted molar refractivity (Wildman–Crippen MR) is 117 cm³/mol. The fourth-order valence-electron chi connectivity index (χ4n) is 4.40. The van der Waals surface area contributed by atoms with Crippen molar-refractivity contribution >= 4 is 30.7 Å². The molecule has 1 aliphatic carbocycles. The van der Waals surface area contributed by atoms with E-state index >= 15 is 0 Å². The number of fused-ring (bicyclic) bond motifs is 1. The van der Waals surface area contributed by atoms with Gasteiger partial charge in [0, 0.05) is 19.1 Å². The molecule has 3 atom stereocenters. The van der Waals surface area contributed by atoms with Gasteiger partial charge in [-0.25, -0.2) is 0 Å². The van der Waals surface area contributed by atoms with Gasteiger partial charge in [0.1, 0.15) is 0 Å². The maximum absolute atomic E-state index is 12.6. The molecule has 1 saturated carbocycles. The molecule has 1 aromatic carbocycles. The Labute approximate surface area is 176 Å². The number of nitrogens with one attached hydrogen (secondary N) is 2. The van der Waals surface area contributed by atoms with Crippen LogP contribution in [0.3, 0.4) is 0 Å². The molecule has 0 aromatic heterocycles. The lowest BCUT2D eigenvalue weighted by molar-refractivity contribution is -0.123. The summed E-state index contributed by atoms with van der Waals surface area (Å²) in [6.07, 6.45) is 6.17. The number of carbonyl (C=O) groups excluding carboxylic acids is 1. The molecule has 1 heterocycles. The van der Waals surface area contributed by atoms with E-state index in [0.717, 1.165) is 26.1 Å². The summed E-state index contributed by atoms with van der Waals surface area (Å²) in [5, 5.41) is 6.75. The van der Waals surface area contributed by atoms with Crippen LogP contribution in [-0.2, 0) is 17.9 Å². The number of benzene rings is 1. The predicted octanol–water partition coefficient (Wildman–Crippen LogP) is 3.91. The van der Waals surface area contributed by atoms with E-state index in [2.05, 4.69) is 53.6 Å². The molecular weight excluding hydrogens is 381 g/mol. The average molecular weight is 416 g/mol. The third kappa shape index (κ3) is 6.35. The van der Waals surface area contributed by atoms with Crippen molar-refractivity contribution < 1.29 is 4.79 Å². The van der Waals surface area contributed by atoms with Crippen LogP contribution in [-0.4, -0.2) is 36.0 Å². The molecule has 0 radical (unpaired) electrons. The Balaban J connectivity index is 0.00000182. The zero-order valence-corrected chi connectivity index (χ0v) is 18.2. The molecule has 0 spiro atoms. The Bertz CT molecular complexity index is 566. The number of hydrogen-bond donors (Lipinski definition) is 2. The van der Waals surface area contributed by atoms with Gasteiger partial charge in [-0.05, 0) is 49.4 Å². The summed E-state index contributed by atoms with van der Waals surface area (Å²) in [7, 11) is 0. The van der Waals surface area contributed by atoms with Crippen LogP contribution in [0.2, 0.25) is 0 Å².